The van der Waals surface area contributed by atoms with Gasteiger partial charge in [-0.2, -0.15) is 0 Å². The van der Waals surface area contributed by atoms with Crippen LogP contribution in [0.1, 0.15) is 12.5 Å². The summed E-state index contributed by atoms with van der Waals surface area (Å²) in [5.41, 5.74) is 0.992. The molecule has 0 aliphatic heterocycles. The molecule has 0 radical (unpaired) electrons. The number of rotatable bonds is 5. The zero-order valence-corrected chi connectivity index (χ0v) is 14.5. The van der Waals surface area contributed by atoms with E-state index in [0.29, 0.717) is 5.13 Å². The van der Waals surface area contributed by atoms with Crippen molar-refractivity contribution in [3.8, 4) is 0 Å². The SMILES string of the molecule is CCSc1nnc(NC(=O)C=Cc2cccc(I)c2)s1. The predicted octanol–water partition coefficient (Wildman–Crippen LogP) is 3.91. The average Bonchev–Trinajstić information content (AvgIpc) is 2.84. The Hall–Kier alpha value is -0.930. The van der Waals surface area contributed by atoms with Crippen LogP contribution in [0.2, 0.25) is 0 Å². The van der Waals surface area contributed by atoms with Gasteiger partial charge < -0.3 is 0 Å². The maximum absolute atomic E-state index is 11.8. The molecule has 2 aromatic rings. The Kier molecular flexibility index (Phi) is 5.99. The van der Waals surface area contributed by atoms with Gasteiger partial charge in [-0.15, -0.1) is 10.2 Å². The summed E-state index contributed by atoms with van der Waals surface area (Å²) in [6, 6.07) is 7.92. The third kappa shape index (κ3) is 4.88. The average molecular weight is 417 g/mol. The van der Waals surface area contributed by atoms with E-state index >= 15 is 0 Å². The van der Waals surface area contributed by atoms with Gasteiger partial charge in [-0.05, 0) is 52.1 Å². The smallest absolute Gasteiger partial charge is 0.250 e. The fourth-order valence-electron chi connectivity index (χ4n) is 1.37. The molecule has 0 fully saturated rings. The number of thioether (sulfide) groups is 1. The van der Waals surface area contributed by atoms with Crippen LogP contribution >= 0.6 is 45.7 Å². The number of nitrogens with zero attached hydrogens (tertiary/aromatic N) is 2. The number of halogens is 1. The standard InChI is InChI=1S/C13H12IN3OS2/c1-2-19-13-17-16-12(20-13)15-11(18)7-6-9-4-3-5-10(14)8-9/h3-8H,2H2,1H3,(H,15,16,18). The highest BCUT2D eigenvalue weighted by atomic mass is 127. The van der Waals surface area contributed by atoms with Crippen molar-refractivity contribution in [3.63, 3.8) is 0 Å². The molecule has 1 amide bonds. The lowest BCUT2D eigenvalue weighted by atomic mass is 10.2. The molecule has 1 aromatic carbocycles. The lowest BCUT2D eigenvalue weighted by molar-refractivity contribution is -0.111. The molecule has 2 rings (SSSR count). The summed E-state index contributed by atoms with van der Waals surface area (Å²) in [6.45, 7) is 2.05. The Morgan fingerprint density at radius 3 is 3.10 bits per heavy atom. The molecule has 0 aliphatic rings. The zero-order chi connectivity index (χ0) is 14.4. The number of hydrogen-bond acceptors (Lipinski definition) is 5. The lowest BCUT2D eigenvalue weighted by Crippen LogP contribution is -2.07. The second-order valence-corrected chi connectivity index (χ2v) is 7.42. The highest BCUT2D eigenvalue weighted by Crippen LogP contribution is 2.24. The van der Waals surface area contributed by atoms with E-state index in [9.17, 15) is 4.79 Å². The highest BCUT2D eigenvalue weighted by Gasteiger charge is 2.05. The van der Waals surface area contributed by atoms with E-state index in [4.69, 9.17) is 0 Å². The van der Waals surface area contributed by atoms with Crippen LogP contribution in [0, 0.1) is 3.57 Å². The molecule has 1 N–H and O–H groups in total. The van der Waals surface area contributed by atoms with Gasteiger partial charge in [0.15, 0.2) is 4.34 Å². The van der Waals surface area contributed by atoms with Crippen LogP contribution < -0.4 is 5.32 Å². The number of anilines is 1. The van der Waals surface area contributed by atoms with Crippen LogP contribution in [0.4, 0.5) is 5.13 Å². The van der Waals surface area contributed by atoms with E-state index in [2.05, 4.69) is 38.1 Å². The van der Waals surface area contributed by atoms with Crippen molar-refractivity contribution in [3.05, 3.63) is 39.5 Å². The third-order valence-electron chi connectivity index (χ3n) is 2.18. The third-order valence-corrected chi connectivity index (χ3v) is 4.71. The van der Waals surface area contributed by atoms with Gasteiger partial charge in [-0.3, -0.25) is 10.1 Å². The van der Waals surface area contributed by atoms with E-state index in [1.165, 1.54) is 17.4 Å². The molecule has 20 heavy (non-hydrogen) atoms. The first-order chi connectivity index (χ1) is 9.67. The van der Waals surface area contributed by atoms with Gasteiger partial charge in [0.2, 0.25) is 11.0 Å². The Balaban J connectivity index is 1.94. The van der Waals surface area contributed by atoms with Crippen LogP contribution in [0.5, 0.6) is 0 Å². The fourth-order valence-corrected chi connectivity index (χ4v) is 3.59. The van der Waals surface area contributed by atoms with Crippen LogP contribution in [0.25, 0.3) is 6.08 Å². The molecule has 0 saturated heterocycles. The minimum Gasteiger partial charge on any atom is -0.297 e. The first-order valence-corrected chi connectivity index (χ1v) is 8.76. The molecule has 1 aromatic heterocycles. The Morgan fingerprint density at radius 2 is 2.35 bits per heavy atom. The summed E-state index contributed by atoms with van der Waals surface area (Å²) in [5.74, 6) is 0.739. The maximum Gasteiger partial charge on any atom is 0.250 e. The molecule has 1 heterocycles. The summed E-state index contributed by atoms with van der Waals surface area (Å²) >= 11 is 5.23. The summed E-state index contributed by atoms with van der Waals surface area (Å²) in [7, 11) is 0. The van der Waals surface area contributed by atoms with Crippen LogP contribution in [-0.2, 0) is 4.79 Å². The predicted molar refractivity (Wildman–Crippen MR) is 93.1 cm³/mol. The molecule has 0 unspecified atom stereocenters. The second-order valence-electron chi connectivity index (χ2n) is 3.68. The quantitative estimate of drug-likeness (QED) is 0.347. The van der Waals surface area contributed by atoms with Gasteiger partial charge in [-0.25, -0.2) is 0 Å². The highest BCUT2D eigenvalue weighted by molar-refractivity contribution is 14.1. The number of nitrogens with one attached hydrogen (secondary N) is 1. The molecule has 0 saturated carbocycles. The Morgan fingerprint density at radius 1 is 1.50 bits per heavy atom. The molecule has 4 nitrogen and oxygen atoms in total. The fraction of sp³-hybridized carbons (Fsp3) is 0.154. The Bertz CT molecular complexity index is 628. The van der Waals surface area contributed by atoms with Gasteiger partial charge in [-0.1, -0.05) is 42.2 Å². The van der Waals surface area contributed by atoms with E-state index in [0.717, 1.165) is 19.2 Å². The van der Waals surface area contributed by atoms with Gasteiger partial charge in [0.25, 0.3) is 0 Å². The van der Waals surface area contributed by atoms with Crippen molar-refractivity contribution in [2.45, 2.75) is 11.3 Å². The van der Waals surface area contributed by atoms with Crippen molar-refractivity contribution >= 4 is 62.8 Å². The van der Waals surface area contributed by atoms with Crippen molar-refractivity contribution in [2.75, 3.05) is 11.1 Å². The number of amides is 1. The molecular formula is C13H12IN3OS2. The normalized spacial score (nSPS) is 10.9. The monoisotopic (exact) mass is 417 g/mol. The van der Waals surface area contributed by atoms with E-state index in [1.807, 2.05) is 31.2 Å². The van der Waals surface area contributed by atoms with Crippen molar-refractivity contribution in [1.29, 1.82) is 0 Å². The van der Waals surface area contributed by atoms with E-state index in [1.54, 1.807) is 17.8 Å². The first kappa shape index (κ1) is 15.5. The summed E-state index contributed by atoms with van der Waals surface area (Å²) in [5, 5.41) is 11.1. The van der Waals surface area contributed by atoms with Gasteiger partial charge >= 0.3 is 0 Å². The maximum atomic E-state index is 11.8. The number of benzene rings is 1. The molecular weight excluding hydrogens is 405 g/mol. The van der Waals surface area contributed by atoms with E-state index < -0.39 is 0 Å². The van der Waals surface area contributed by atoms with Gasteiger partial charge in [0.1, 0.15) is 0 Å². The van der Waals surface area contributed by atoms with Crippen LogP contribution in [-0.4, -0.2) is 21.9 Å². The number of carbonyl (C=O) groups is 1. The molecule has 0 aliphatic carbocycles. The summed E-state index contributed by atoms with van der Waals surface area (Å²) < 4.78 is 2.00. The van der Waals surface area contributed by atoms with Crippen LogP contribution in [0.3, 0.4) is 0 Å². The van der Waals surface area contributed by atoms with Crippen molar-refractivity contribution < 1.29 is 4.79 Å². The minimum absolute atomic E-state index is 0.201. The Labute approximate surface area is 139 Å². The van der Waals surface area contributed by atoms with Crippen LogP contribution in [0.15, 0.2) is 34.7 Å². The molecule has 104 valence electrons. The largest absolute Gasteiger partial charge is 0.297 e. The molecule has 0 atom stereocenters. The second kappa shape index (κ2) is 7.75. The van der Waals surface area contributed by atoms with Gasteiger partial charge in [0, 0.05) is 9.65 Å². The van der Waals surface area contributed by atoms with Crippen molar-refractivity contribution in [1.82, 2.24) is 10.2 Å². The lowest BCUT2D eigenvalue weighted by Gasteiger charge is -1.96. The topological polar surface area (TPSA) is 54.9 Å². The number of carbonyl (C=O) groups excluding carboxylic acids is 1. The summed E-state index contributed by atoms with van der Waals surface area (Å²) in [6.07, 6.45) is 3.28. The molecule has 0 bridgehead atoms. The number of hydrogen-bond donors (Lipinski definition) is 1. The van der Waals surface area contributed by atoms with E-state index in [-0.39, 0.29) is 5.91 Å². The number of aromatic nitrogens is 2. The first-order valence-electron chi connectivity index (χ1n) is 5.88. The summed E-state index contributed by atoms with van der Waals surface area (Å²) in [4.78, 5) is 11.8. The zero-order valence-electron chi connectivity index (χ0n) is 10.7. The minimum atomic E-state index is -0.201. The molecule has 7 heteroatoms. The van der Waals surface area contributed by atoms with Crippen molar-refractivity contribution in [2.24, 2.45) is 0 Å². The van der Waals surface area contributed by atoms with Gasteiger partial charge in [0.05, 0.1) is 0 Å². The molecule has 0 spiro atoms.